The molecule has 0 aromatic carbocycles. The number of hydrogen-bond donors (Lipinski definition) is 1. The van der Waals surface area contributed by atoms with Gasteiger partial charge in [0.05, 0.1) is 11.8 Å². The number of aliphatic carboxylic acids is 1. The molecule has 2 bridgehead atoms. The topological polar surface area (TPSA) is 89.9 Å². The lowest BCUT2D eigenvalue weighted by molar-refractivity contribution is -0.167. The summed E-state index contributed by atoms with van der Waals surface area (Å²) in [5.74, 6) is -3.48. The molecule has 4 atom stereocenters. The van der Waals surface area contributed by atoms with E-state index in [9.17, 15) is 14.4 Å². The predicted octanol–water partition coefficient (Wildman–Crippen LogP) is 0.120. The van der Waals surface area contributed by atoms with E-state index < -0.39 is 36.0 Å². The standard InChI is InChI=1S/C11H12O6/c1-2-8(12)17-9-6(10(13)14)3-5-4-7(9)16-11(5)15/h2,5-7,9H,1,3-4H2,(H,13,14). The Hall–Kier alpha value is -1.85. The van der Waals surface area contributed by atoms with Crippen LogP contribution in [0.1, 0.15) is 12.8 Å². The fraction of sp³-hybridized carbons (Fsp3) is 0.545. The van der Waals surface area contributed by atoms with Gasteiger partial charge < -0.3 is 14.6 Å². The summed E-state index contributed by atoms with van der Waals surface area (Å²) >= 11 is 0. The van der Waals surface area contributed by atoms with Crippen LogP contribution in [0.5, 0.6) is 0 Å². The van der Waals surface area contributed by atoms with Crippen LogP contribution >= 0.6 is 0 Å². The van der Waals surface area contributed by atoms with Crippen molar-refractivity contribution in [3.8, 4) is 0 Å². The SMILES string of the molecule is C=CC(=O)OC1C2CC(CC1C(=O)O)C(=O)O2. The van der Waals surface area contributed by atoms with E-state index in [4.69, 9.17) is 14.6 Å². The van der Waals surface area contributed by atoms with Gasteiger partial charge in [0.25, 0.3) is 0 Å². The first-order valence-corrected chi connectivity index (χ1v) is 5.29. The number of esters is 2. The van der Waals surface area contributed by atoms with E-state index in [0.717, 1.165) is 6.08 Å². The summed E-state index contributed by atoms with van der Waals surface area (Å²) in [7, 11) is 0. The van der Waals surface area contributed by atoms with Crippen LogP contribution in [0.25, 0.3) is 0 Å². The average molecular weight is 240 g/mol. The number of fused-ring (bicyclic) bond motifs is 2. The fourth-order valence-electron chi connectivity index (χ4n) is 2.35. The van der Waals surface area contributed by atoms with Gasteiger partial charge >= 0.3 is 17.9 Å². The number of carboxylic acids is 1. The van der Waals surface area contributed by atoms with Crippen LogP contribution < -0.4 is 0 Å². The second-order valence-electron chi connectivity index (χ2n) is 4.19. The van der Waals surface area contributed by atoms with Gasteiger partial charge in [-0.15, -0.1) is 0 Å². The van der Waals surface area contributed by atoms with Crippen molar-refractivity contribution in [3.05, 3.63) is 12.7 Å². The molecule has 6 heteroatoms. The molecular weight excluding hydrogens is 228 g/mol. The van der Waals surface area contributed by atoms with Crippen molar-refractivity contribution >= 4 is 17.9 Å². The lowest BCUT2D eigenvalue weighted by Gasteiger charge is -2.30. The summed E-state index contributed by atoms with van der Waals surface area (Å²) < 4.78 is 9.99. The fourth-order valence-corrected chi connectivity index (χ4v) is 2.35. The molecule has 2 aliphatic rings. The van der Waals surface area contributed by atoms with Gasteiger partial charge in [-0.25, -0.2) is 4.79 Å². The minimum Gasteiger partial charge on any atom is -0.481 e. The van der Waals surface area contributed by atoms with Crippen LogP contribution in [0, 0.1) is 11.8 Å². The van der Waals surface area contributed by atoms with Gasteiger partial charge in [0.2, 0.25) is 0 Å². The Balaban J connectivity index is 2.19. The van der Waals surface area contributed by atoms with Crippen molar-refractivity contribution in [1.82, 2.24) is 0 Å². The van der Waals surface area contributed by atoms with Gasteiger partial charge in [0.1, 0.15) is 6.10 Å². The number of ether oxygens (including phenoxy) is 2. The molecule has 2 rings (SSSR count). The maximum absolute atomic E-state index is 11.3. The van der Waals surface area contributed by atoms with Crippen molar-refractivity contribution < 1.29 is 29.0 Å². The second-order valence-corrected chi connectivity index (χ2v) is 4.19. The van der Waals surface area contributed by atoms with E-state index in [0.29, 0.717) is 6.42 Å². The normalized spacial score (nSPS) is 34.9. The number of carbonyl (C=O) groups is 3. The first kappa shape index (κ1) is 11.6. The minimum absolute atomic E-state index is 0.153. The molecule has 0 radical (unpaired) electrons. The number of hydrogen-bond acceptors (Lipinski definition) is 5. The van der Waals surface area contributed by atoms with Crippen molar-refractivity contribution in [1.29, 1.82) is 0 Å². The van der Waals surface area contributed by atoms with Gasteiger partial charge in [-0.05, 0) is 6.42 Å². The molecule has 0 spiro atoms. The second kappa shape index (κ2) is 4.20. The van der Waals surface area contributed by atoms with Crippen molar-refractivity contribution in [2.24, 2.45) is 11.8 Å². The Labute approximate surface area is 97.2 Å². The Morgan fingerprint density at radius 1 is 1.47 bits per heavy atom. The van der Waals surface area contributed by atoms with Gasteiger partial charge in [-0.3, -0.25) is 9.59 Å². The average Bonchev–Trinajstić information content (AvgIpc) is 2.59. The molecule has 17 heavy (non-hydrogen) atoms. The molecule has 1 heterocycles. The van der Waals surface area contributed by atoms with Crippen molar-refractivity contribution in [2.75, 3.05) is 0 Å². The van der Waals surface area contributed by atoms with E-state index >= 15 is 0 Å². The smallest absolute Gasteiger partial charge is 0.330 e. The van der Waals surface area contributed by atoms with Gasteiger partial charge in [0, 0.05) is 12.5 Å². The highest BCUT2D eigenvalue weighted by Crippen LogP contribution is 2.39. The molecule has 0 aromatic rings. The quantitative estimate of drug-likeness (QED) is 0.556. The molecule has 4 unspecified atom stereocenters. The molecule has 1 aliphatic heterocycles. The monoisotopic (exact) mass is 240 g/mol. The molecule has 1 N–H and O–H groups in total. The van der Waals surface area contributed by atoms with E-state index in [1.54, 1.807) is 0 Å². The maximum atomic E-state index is 11.3. The minimum atomic E-state index is -1.08. The summed E-state index contributed by atoms with van der Waals surface area (Å²) in [5.41, 5.74) is 0. The summed E-state index contributed by atoms with van der Waals surface area (Å²) in [6.07, 6.45) is -0.0360. The third kappa shape index (κ3) is 2.02. The third-order valence-electron chi connectivity index (χ3n) is 3.16. The Morgan fingerprint density at radius 2 is 2.18 bits per heavy atom. The highest BCUT2D eigenvalue weighted by molar-refractivity contribution is 5.83. The van der Waals surface area contributed by atoms with Crippen LogP contribution in [-0.2, 0) is 23.9 Å². The lowest BCUT2D eigenvalue weighted by atomic mass is 9.79. The molecule has 0 aromatic heterocycles. The van der Waals surface area contributed by atoms with Crippen LogP contribution in [0.4, 0.5) is 0 Å². The molecule has 1 saturated heterocycles. The highest BCUT2D eigenvalue weighted by Gasteiger charge is 2.52. The largest absolute Gasteiger partial charge is 0.481 e. The first-order valence-electron chi connectivity index (χ1n) is 5.29. The van der Waals surface area contributed by atoms with E-state index in [-0.39, 0.29) is 12.3 Å². The zero-order chi connectivity index (χ0) is 12.6. The van der Waals surface area contributed by atoms with Crippen molar-refractivity contribution in [2.45, 2.75) is 25.0 Å². The number of carbonyl (C=O) groups excluding carboxylic acids is 2. The van der Waals surface area contributed by atoms with Crippen LogP contribution in [0.3, 0.4) is 0 Å². The van der Waals surface area contributed by atoms with Gasteiger partial charge in [-0.2, -0.15) is 0 Å². The summed E-state index contributed by atoms with van der Waals surface area (Å²) in [6, 6.07) is 0. The third-order valence-corrected chi connectivity index (χ3v) is 3.16. The van der Waals surface area contributed by atoms with E-state index in [2.05, 4.69) is 6.58 Å². The van der Waals surface area contributed by atoms with Crippen molar-refractivity contribution in [3.63, 3.8) is 0 Å². The summed E-state index contributed by atoms with van der Waals surface area (Å²) in [4.78, 5) is 33.6. The molecular formula is C11H12O6. The summed E-state index contributed by atoms with van der Waals surface area (Å²) in [5, 5.41) is 9.06. The van der Waals surface area contributed by atoms with Crippen LogP contribution in [0.15, 0.2) is 12.7 Å². The van der Waals surface area contributed by atoms with Gasteiger partial charge in [0.15, 0.2) is 6.10 Å². The molecule has 0 amide bonds. The molecule has 1 saturated carbocycles. The molecule has 1 aliphatic carbocycles. The van der Waals surface area contributed by atoms with Gasteiger partial charge in [-0.1, -0.05) is 6.58 Å². The first-order chi connectivity index (χ1) is 8.02. The highest BCUT2D eigenvalue weighted by atomic mass is 16.6. The number of carboxylic acid groups (broad SMARTS) is 1. The summed E-state index contributed by atoms with van der Waals surface area (Å²) in [6.45, 7) is 3.24. The van der Waals surface area contributed by atoms with Crippen LogP contribution in [0.2, 0.25) is 0 Å². The lowest BCUT2D eigenvalue weighted by Crippen LogP contribution is -2.44. The molecule has 2 fully saturated rings. The van der Waals surface area contributed by atoms with E-state index in [1.807, 2.05) is 0 Å². The Morgan fingerprint density at radius 3 is 2.76 bits per heavy atom. The maximum Gasteiger partial charge on any atom is 0.330 e. The Kier molecular flexibility index (Phi) is 2.87. The predicted molar refractivity (Wildman–Crippen MR) is 53.8 cm³/mol. The number of rotatable bonds is 3. The Bertz CT molecular complexity index is 387. The molecule has 92 valence electrons. The zero-order valence-electron chi connectivity index (χ0n) is 9.00. The van der Waals surface area contributed by atoms with E-state index in [1.165, 1.54) is 0 Å². The zero-order valence-corrected chi connectivity index (χ0v) is 9.00. The van der Waals surface area contributed by atoms with Crippen LogP contribution in [-0.4, -0.2) is 35.2 Å². The molecule has 6 nitrogen and oxygen atoms in total.